The van der Waals surface area contributed by atoms with Crippen molar-refractivity contribution in [2.75, 3.05) is 0 Å². The van der Waals surface area contributed by atoms with Crippen LogP contribution in [0.4, 0.5) is 0 Å². The Labute approximate surface area is 94.3 Å². The standard InChI is InChI=1S/C11H15N5/c1-2-10(9-6-4-3-5-7-9)12-8-11-13-15-16-14-11/h3-7,10,12H,2,8H2,1H3,(H,13,14,15,16). The third-order valence-corrected chi connectivity index (χ3v) is 2.51. The Hall–Kier alpha value is -1.75. The zero-order valence-electron chi connectivity index (χ0n) is 9.22. The lowest BCUT2D eigenvalue weighted by Gasteiger charge is -2.15. The van der Waals surface area contributed by atoms with Crippen molar-refractivity contribution < 1.29 is 0 Å². The average Bonchev–Trinajstić information content (AvgIpc) is 2.84. The van der Waals surface area contributed by atoms with Crippen molar-refractivity contribution in [1.82, 2.24) is 25.9 Å². The zero-order valence-corrected chi connectivity index (χ0v) is 9.22. The van der Waals surface area contributed by atoms with Crippen LogP contribution in [0.5, 0.6) is 0 Å². The van der Waals surface area contributed by atoms with Gasteiger partial charge in [-0.25, -0.2) is 0 Å². The van der Waals surface area contributed by atoms with Crippen LogP contribution >= 0.6 is 0 Å². The molecule has 0 aliphatic heterocycles. The van der Waals surface area contributed by atoms with Gasteiger partial charge in [0, 0.05) is 6.04 Å². The van der Waals surface area contributed by atoms with Crippen molar-refractivity contribution in [3.63, 3.8) is 0 Å². The van der Waals surface area contributed by atoms with Gasteiger partial charge in [-0.05, 0) is 12.0 Å². The summed E-state index contributed by atoms with van der Waals surface area (Å²) < 4.78 is 0. The minimum Gasteiger partial charge on any atom is -0.303 e. The van der Waals surface area contributed by atoms with Gasteiger partial charge in [0.25, 0.3) is 0 Å². The Morgan fingerprint density at radius 1 is 1.31 bits per heavy atom. The highest BCUT2D eigenvalue weighted by Crippen LogP contribution is 2.15. The lowest BCUT2D eigenvalue weighted by Crippen LogP contribution is -2.20. The van der Waals surface area contributed by atoms with Gasteiger partial charge in [-0.2, -0.15) is 5.21 Å². The van der Waals surface area contributed by atoms with E-state index in [0.29, 0.717) is 18.4 Å². The molecule has 2 N–H and O–H groups in total. The SMILES string of the molecule is CCC(NCc1nn[nH]n1)c1ccccc1. The highest BCUT2D eigenvalue weighted by Gasteiger charge is 2.08. The minimum atomic E-state index is 0.333. The van der Waals surface area contributed by atoms with E-state index < -0.39 is 0 Å². The molecule has 0 fully saturated rings. The summed E-state index contributed by atoms with van der Waals surface area (Å²) in [5.74, 6) is 0.689. The van der Waals surface area contributed by atoms with Crippen molar-refractivity contribution in [1.29, 1.82) is 0 Å². The van der Waals surface area contributed by atoms with Crippen LogP contribution in [-0.4, -0.2) is 20.6 Å². The summed E-state index contributed by atoms with van der Waals surface area (Å²) in [7, 11) is 0. The topological polar surface area (TPSA) is 66.5 Å². The third kappa shape index (κ3) is 2.64. The molecule has 2 aromatic rings. The molecule has 0 bridgehead atoms. The quantitative estimate of drug-likeness (QED) is 0.795. The second kappa shape index (κ2) is 5.37. The van der Waals surface area contributed by atoms with E-state index in [4.69, 9.17) is 0 Å². The Morgan fingerprint density at radius 2 is 2.12 bits per heavy atom. The molecule has 1 heterocycles. The fraction of sp³-hybridized carbons (Fsp3) is 0.364. The normalized spacial score (nSPS) is 12.6. The fourth-order valence-corrected chi connectivity index (χ4v) is 1.66. The first-order valence-corrected chi connectivity index (χ1v) is 5.40. The summed E-state index contributed by atoms with van der Waals surface area (Å²) in [5, 5.41) is 17.2. The summed E-state index contributed by atoms with van der Waals surface area (Å²) >= 11 is 0. The summed E-state index contributed by atoms with van der Waals surface area (Å²) in [6.07, 6.45) is 1.03. The number of benzene rings is 1. The van der Waals surface area contributed by atoms with E-state index in [1.807, 2.05) is 18.2 Å². The van der Waals surface area contributed by atoms with E-state index in [1.165, 1.54) is 5.56 Å². The van der Waals surface area contributed by atoms with Gasteiger partial charge in [0.15, 0.2) is 5.82 Å². The molecule has 0 saturated heterocycles. The molecule has 5 heteroatoms. The maximum absolute atomic E-state index is 3.91. The van der Waals surface area contributed by atoms with E-state index in [0.717, 1.165) is 6.42 Å². The second-order valence-corrected chi connectivity index (χ2v) is 3.58. The van der Waals surface area contributed by atoms with Gasteiger partial charge < -0.3 is 5.32 Å². The van der Waals surface area contributed by atoms with E-state index in [-0.39, 0.29) is 0 Å². The number of aromatic amines is 1. The summed E-state index contributed by atoms with van der Waals surface area (Å²) in [5.41, 5.74) is 1.29. The lowest BCUT2D eigenvalue weighted by atomic mass is 10.0. The Morgan fingerprint density at radius 3 is 2.75 bits per heavy atom. The Kier molecular flexibility index (Phi) is 3.61. The van der Waals surface area contributed by atoms with Crippen LogP contribution in [0.2, 0.25) is 0 Å². The third-order valence-electron chi connectivity index (χ3n) is 2.51. The van der Waals surface area contributed by atoms with Gasteiger partial charge >= 0.3 is 0 Å². The molecule has 0 radical (unpaired) electrons. The predicted molar refractivity (Wildman–Crippen MR) is 60.5 cm³/mol. The fourth-order valence-electron chi connectivity index (χ4n) is 1.66. The van der Waals surface area contributed by atoms with Crippen molar-refractivity contribution in [3.05, 3.63) is 41.7 Å². The summed E-state index contributed by atoms with van der Waals surface area (Å²) in [6.45, 7) is 2.78. The van der Waals surface area contributed by atoms with Crippen LogP contribution in [0.15, 0.2) is 30.3 Å². The first-order valence-electron chi connectivity index (χ1n) is 5.40. The molecule has 1 atom stereocenters. The van der Waals surface area contributed by atoms with E-state index in [9.17, 15) is 0 Å². The molecular formula is C11H15N5. The molecule has 0 spiro atoms. The molecule has 1 aromatic carbocycles. The van der Waals surface area contributed by atoms with Gasteiger partial charge in [-0.1, -0.05) is 42.5 Å². The monoisotopic (exact) mass is 217 g/mol. The first kappa shape index (κ1) is 10.8. The van der Waals surface area contributed by atoms with E-state index in [1.54, 1.807) is 0 Å². The summed E-state index contributed by atoms with van der Waals surface area (Å²) in [4.78, 5) is 0. The van der Waals surface area contributed by atoms with Gasteiger partial charge in [-0.15, -0.1) is 10.2 Å². The van der Waals surface area contributed by atoms with Crippen LogP contribution in [0.25, 0.3) is 0 Å². The van der Waals surface area contributed by atoms with Crippen LogP contribution in [0.1, 0.15) is 30.8 Å². The molecule has 1 unspecified atom stereocenters. The average molecular weight is 217 g/mol. The molecule has 0 amide bonds. The number of nitrogens with one attached hydrogen (secondary N) is 2. The molecule has 5 nitrogen and oxygen atoms in total. The lowest BCUT2D eigenvalue weighted by molar-refractivity contribution is 0.508. The number of nitrogens with zero attached hydrogens (tertiary/aromatic N) is 3. The summed E-state index contributed by atoms with van der Waals surface area (Å²) in [6, 6.07) is 10.7. The molecule has 2 rings (SSSR count). The molecule has 0 aliphatic carbocycles. The molecular weight excluding hydrogens is 202 g/mol. The predicted octanol–water partition coefficient (Wildman–Crippen LogP) is 1.44. The highest BCUT2D eigenvalue weighted by atomic mass is 15.5. The number of tetrazole rings is 1. The molecule has 0 saturated carbocycles. The number of rotatable bonds is 5. The first-order chi connectivity index (χ1) is 7.90. The van der Waals surface area contributed by atoms with Crippen molar-refractivity contribution in [2.24, 2.45) is 0 Å². The second-order valence-electron chi connectivity index (χ2n) is 3.58. The van der Waals surface area contributed by atoms with Crippen molar-refractivity contribution >= 4 is 0 Å². The van der Waals surface area contributed by atoms with Crippen LogP contribution in [-0.2, 0) is 6.54 Å². The van der Waals surface area contributed by atoms with Crippen molar-refractivity contribution in [2.45, 2.75) is 25.9 Å². The Balaban J connectivity index is 1.96. The van der Waals surface area contributed by atoms with Gasteiger partial charge in [0.1, 0.15) is 0 Å². The number of aromatic nitrogens is 4. The molecule has 1 aromatic heterocycles. The van der Waals surface area contributed by atoms with Gasteiger partial charge in [0.2, 0.25) is 0 Å². The largest absolute Gasteiger partial charge is 0.303 e. The van der Waals surface area contributed by atoms with Crippen LogP contribution in [0.3, 0.4) is 0 Å². The maximum atomic E-state index is 3.91. The smallest absolute Gasteiger partial charge is 0.188 e. The maximum Gasteiger partial charge on any atom is 0.188 e. The highest BCUT2D eigenvalue weighted by molar-refractivity contribution is 5.18. The minimum absolute atomic E-state index is 0.333. The number of hydrogen-bond acceptors (Lipinski definition) is 4. The zero-order chi connectivity index (χ0) is 11.2. The van der Waals surface area contributed by atoms with Gasteiger partial charge in [-0.3, -0.25) is 0 Å². The van der Waals surface area contributed by atoms with Crippen LogP contribution < -0.4 is 5.32 Å². The number of hydrogen-bond donors (Lipinski definition) is 2. The number of H-pyrrole nitrogens is 1. The molecule has 0 aliphatic rings. The molecule has 16 heavy (non-hydrogen) atoms. The Bertz CT molecular complexity index is 398. The van der Waals surface area contributed by atoms with Crippen molar-refractivity contribution in [3.8, 4) is 0 Å². The van der Waals surface area contributed by atoms with Crippen LogP contribution in [0, 0.1) is 0 Å². The van der Waals surface area contributed by atoms with E-state index in [2.05, 4.69) is 45.0 Å². The van der Waals surface area contributed by atoms with Gasteiger partial charge in [0.05, 0.1) is 6.54 Å². The van der Waals surface area contributed by atoms with E-state index >= 15 is 0 Å². The molecule has 84 valence electrons.